The van der Waals surface area contributed by atoms with E-state index in [4.69, 9.17) is 0 Å². The van der Waals surface area contributed by atoms with Crippen LogP contribution < -0.4 is 5.32 Å². The lowest BCUT2D eigenvalue weighted by atomic mass is 10.1. The molecule has 70 valence electrons. The molecule has 0 heterocycles. The zero-order chi connectivity index (χ0) is 9.14. The first-order chi connectivity index (χ1) is 5.59. The van der Waals surface area contributed by atoms with Gasteiger partial charge in [0.2, 0.25) is 5.91 Å². The number of nitrogens with one attached hydrogen (secondary N) is 1. The monoisotopic (exact) mass is 169 g/mol. The summed E-state index contributed by atoms with van der Waals surface area (Å²) in [4.78, 5) is 11.3. The molecule has 2 unspecified atom stereocenters. The molecule has 1 aliphatic carbocycles. The molecule has 0 bridgehead atoms. The van der Waals surface area contributed by atoms with Crippen LogP contribution in [0.15, 0.2) is 0 Å². The van der Waals surface area contributed by atoms with Crippen LogP contribution in [0.25, 0.3) is 0 Å². The van der Waals surface area contributed by atoms with Crippen LogP contribution in [0.2, 0.25) is 0 Å². The van der Waals surface area contributed by atoms with Crippen LogP contribution in [0.3, 0.4) is 0 Å². The summed E-state index contributed by atoms with van der Waals surface area (Å²) in [5.74, 6) is 1.12. The summed E-state index contributed by atoms with van der Waals surface area (Å²) in [7, 11) is 0. The highest BCUT2D eigenvalue weighted by Gasteiger charge is 2.23. The topological polar surface area (TPSA) is 29.1 Å². The van der Waals surface area contributed by atoms with E-state index in [1.807, 2.05) is 13.8 Å². The summed E-state index contributed by atoms with van der Waals surface area (Å²) in [6, 6.07) is 0.454. The fourth-order valence-corrected chi connectivity index (χ4v) is 1.71. The summed E-state index contributed by atoms with van der Waals surface area (Å²) in [6.45, 7) is 6.13. The van der Waals surface area contributed by atoms with E-state index >= 15 is 0 Å². The Morgan fingerprint density at radius 2 is 2.08 bits per heavy atom. The van der Waals surface area contributed by atoms with Crippen molar-refractivity contribution in [2.75, 3.05) is 0 Å². The Morgan fingerprint density at radius 3 is 2.50 bits per heavy atom. The summed E-state index contributed by atoms with van der Waals surface area (Å²) < 4.78 is 0. The van der Waals surface area contributed by atoms with Crippen LogP contribution in [-0.4, -0.2) is 11.9 Å². The van der Waals surface area contributed by atoms with E-state index in [9.17, 15) is 4.79 Å². The van der Waals surface area contributed by atoms with Gasteiger partial charge < -0.3 is 5.32 Å². The van der Waals surface area contributed by atoms with E-state index in [0.717, 1.165) is 5.92 Å². The Kier molecular flexibility index (Phi) is 3.12. The van der Waals surface area contributed by atoms with Crippen molar-refractivity contribution in [1.29, 1.82) is 0 Å². The van der Waals surface area contributed by atoms with Crippen molar-refractivity contribution < 1.29 is 4.79 Å². The van der Waals surface area contributed by atoms with Crippen LogP contribution in [-0.2, 0) is 4.79 Å². The predicted molar refractivity (Wildman–Crippen MR) is 49.8 cm³/mol. The predicted octanol–water partition coefficient (Wildman–Crippen LogP) is 1.95. The van der Waals surface area contributed by atoms with Gasteiger partial charge in [-0.3, -0.25) is 4.79 Å². The highest BCUT2D eigenvalue weighted by Crippen LogP contribution is 2.24. The van der Waals surface area contributed by atoms with Crippen molar-refractivity contribution in [2.24, 2.45) is 11.8 Å². The normalized spacial score (nSPS) is 29.3. The fraction of sp³-hybridized carbons (Fsp3) is 0.900. The molecule has 12 heavy (non-hydrogen) atoms. The molecular formula is C10H19NO. The maximum Gasteiger partial charge on any atom is 0.222 e. The molecule has 1 amide bonds. The average Bonchev–Trinajstić information content (AvgIpc) is 2.35. The molecule has 1 aliphatic rings. The fourth-order valence-electron chi connectivity index (χ4n) is 1.71. The maximum absolute atomic E-state index is 11.3. The van der Waals surface area contributed by atoms with Crippen LogP contribution >= 0.6 is 0 Å². The van der Waals surface area contributed by atoms with Gasteiger partial charge in [0.15, 0.2) is 0 Å². The minimum absolute atomic E-state index is 0.126. The van der Waals surface area contributed by atoms with Gasteiger partial charge in [-0.05, 0) is 25.2 Å². The van der Waals surface area contributed by atoms with E-state index in [2.05, 4.69) is 12.2 Å². The second kappa shape index (κ2) is 3.92. The van der Waals surface area contributed by atoms with E-state index < -0.39 is 0 Å². The molecule has 0 aliphatic heterocycles. The van der Waals surface area contributed by atoms with Gasteiger partial charge in [-0.1, -0.05) is 20.8 Å². The number of carbonyl (C=O) groups excluding carboxylic acids is 1. The minimum Gasteiger partial charge on any atom is -0.353 e. The van der Waals surface area contributed by atoms with Crippen LogP contribution in [0, 0.1) is 11.8 Å². The van der Waals surface area contributed by atoms with Crippen molar-refractivity contribution in [3.05, 3.63) is 0 Å². The minimum atomic E-state index is 0.126. The molecule has 0 radical (unpaired) electrons. The van der Waals surface area contributed by atoms with E-state index in [0.29, 0.717) is 6.04 Å². The second-order valence-corrected chi connectivity index (χ2v) is 4.28. The van der Waals surface area contributed by atoms with Crippen molar-refractivity contribution in [2.45, 2.75) is 46.1 Å². The van der Waals surface area contributed by atoms with Crippen LogP contribution in [0.4, 0.5) is 0 Å². The van der Waals surface area contributed by atoms with Gasteiger partial charge in [-0.15, -0.1) is 0 Å². The molecule has 0 aromatic carbocycles. The first-order valence-electron chi connectivity index (χ1n) is 4.90. The summed E-state index contributed by atoms with van der Waals surface area (Å²) >= 11 is 0. The van der Waals surface area contributed by atoms with E-state index in [1.54, 1.807) is 0 Å². The summed E-state index contributed by atoms with van der Waals surface area (Å²) in [5, 5.41) is 3.07. The largest absolute Gasteiger partial charge is 0.353 e. The van der Waals surface area contributed by atoms with Crippen molar-refractivity contribution >= 4 is 5.91 Å². The SMILES string of the molecule is CC1CCC(NC(=O)C(C)C)C1. The maximum atomic E-state index is 11.3. The van der Waals surface area contributed by atoms with Gasteiger partial charge in [-0.2, -0.15) is 0 Å². The van der Waals surface area contributed by atoms with Gasteiger partial charge in [0.25, 0.3) is 0 Å². The van der Waals surface area contributed by atoms with Crippen molar-refractivity contribution in [3.8, 4) is 0 Å². The first kappa shape index (κ1) is 9.56. The Morgan fingerprint density at radius 1 is 1.42 bits per heavy atom. The van der Waals surface area contributed by atoms with Gasteiger partial charge >= 0.3 is 0 Å². The standard InChI is InChI=1S/C10H19NO/c1-7(2)10(12)11-9-5-4-8(3)6-9/h7-9H,4-6H2,1-3H3,(H,11,12). The molecule has 1 N–H and O–H groups in total. The lowest BCUT2D eigenvalue weighted by molar-refractivity contribution is -0.124. The highest BCUT2D eigenvalue weighted by molar-refractivity contribution is 5.78. The Labute approximate surface area is 74.7 Å². The zero-order valence-corrected chi connectivity index (χ0v) is 8.26. The van der Waals surface area contributed by atoms with Crippen molar-refractivity contribution in [3.63, 3.8) is 0 Å². The first-order valence-corrected chi connectivity index (χ1v) is 4.90. The third kappa shape index (κ3) is 2.50. The number of hydrogen-bond donors (Lipinski definition) is 1. The Balaban J connectivity index is 2.28. The van der Waals surface area contributed by atoms with Gasteiger partial charge in [0.1, 0.15) is 0 Å². The second-order valence-electron chi connectivity index (χ2n) is 4.28. The number of rotatable bonds is 2. The molecule has 0 aromatic rings. The third-order valence-corrected chi connectivity index (χ3v) is 2.57. The molecule has 2 atom stereocenters. The highest BCUT2D eigenvalue weighted by atomic mass is 16.1. The molecule has 1 rings (SSSR count). The molecule has 1 saturated carbocycles. The van der Waals surface area contributed by atoms with Gasteiger partial charge in [0, 0.05) is 12.0 Å². The van der Waals surface area contributed by atoms with Gasteiger partial charge in [-0.25, -0.2) is 0 Å². The molecule has 0 saturated heterocycles. The third-order valence-electron chi connectivity index (χ3n) is 2.57. The zero-order valence-electron chi connectivity index (χ0n) is 8.26. The lowest BCUT2D eigenvalue weighted by Crippen LogP contribution is -2.35. The summed E-state index contributed by atoms with van der Waals surface area (Å²) in [6.07, 6.45) is 3.60. The van der Waals surface area contributed by atoms with Crippen molar-refractivity contribution in [1.82, 2.24) is 5.32 Å². The molecule has 0 spiro atoms. The lowest BCUT2D eigenvalue weighted by Gasteiger charge is -2.13. The molecule has 2 nitrogen and oxygen atoms in total. The van der Waals surface area contributed by atoms with E-state index in [-0.39, 0.29) is 11.8 Å². The summed E-state index contributed by atoms with van der Waals surface area (Å²) in [5.41, 5.74) is 0. The molecule has 0 aromatic heterocycles. The number of carbonyl (C=O) groups is 1. The molecular weight excluding hydrogens is 150 g/mol. The molecule has 2 heteroatoms. The van der Waals surface area contributed by atoms with Gasteiger partial charge in [0.05, 0.1) is 0 Å². The van der Waals surface area contributed by atoms with Crippen LogP contribution in [0.5, 0.6) is 0 Å². The van der Waals surface area contributed by atoms with Crippen LogP contribution in [0.1, 0.15) is 40.0 Å². The Hall–Kier alpha value is -0.530. The van der Waals surface area contributed by atoms with E-state index in [1.165, 1.54) is 19.3 Å². The number of hydrogen-bond acceptors (Lipinski definition) is 1. The molecule has 1 fully saturated rings. The average molecular weight is 169 g/mol. The number of amides is 1. The quantitative estimate of drug-likeness (QED) is 0.672. The smallest absolute Gasteiger partial charge is 0.222 e. The Bertz CT molecular complexity index is 165.